The molecule has 1 fully saturated rings. The molecule has 1 aliphatic carbocycles. The molecule has 0 spiro atoms. The molecular formula is C13H16N2O3. The summed E-state index contributed by atoms with van der Waals surface area (Å²) in [6, 6.07) is 4.38. The summed E-state index contributed by atoms with van der Waals surface area (Å²) in [4.78, 5) is 22.3. The van der Waals surface area contributed by atoms with Crippen molar-refractivity contribution in [2.75, 3.05) is 11.9 Å². The average molecular weight is 248 g/mol. The van der Waals surface area contributed by atoms with Crippen LogP contribution in [0, 0.1) is 12.8 Å². The first-order valence-electron chi connectivity index (χ1n) is 5.95. The average Bonchev–Trinajstić information content (AvgIpc) is 3.13. The number of carboxylic acids is 1. The minimum atomic E-state index is -0.970. The Balaban J connectivity index is 1.95. The van der Waals surface area contributed by atoms with Crippen LogP contribution in [0.4, 0.5) is 10.5 Å². The standard InChI is InChI=1S/C13H16N2O3/c1-8-6-10(12(16)17)4-5-11(8)15-13(18)14-7-9-2-3-9/h4-6,9H,2-3,7H2,1H3,(H,16,17)(H2,14,15,18). The van der Waals surface area contributed by atoms with Gasteiger partial charge in [-0.2, -0.15) is 0 Å². The molecule has 0 unspecified atom stereocenters. The Morgan fingerprint density at radius 3 is 2.67 bits per heavy atom. The number of benzene rings is 1. The van der Waals surface area contributed by atoms with Crippen molar-refractivity contribution in [2.45, 2.75) is 19.8 Å². The second-order valence-electron chi connectivity index (χ2n) is 4.61. The van der Waals surface area contributed by atoms with Gasteiger partial charge < -0.3 is 15.7 Å². The number of aryl methyl sites for hydroxylation is 1. The molecule has 1 aromatic carbocycles. The number of hydrogen-bond donors (Lipinski definition) is 3. The molecule has 2 rings (SSSR count). The molecule has 0 aliphatic heterocycles. The molecule has 0 bridgehead atoms. The first kappa shape index (κ1) is 12.4. The Morgan fingerprint density at radius 2 is 2.11 bits per heavy atom. The second-order valence-corrected chi connectivity index (χ2v) is 4.61. The smallest absolute Gasteiger partial charge is 0.335 e. The fraction of sp³-hybridized carbons (Fsp3) is 0.385. The van der Waals surface area contributed by atoms with Gasteiger partial charge in [0.15, 0.2) is 0 Å². The molecule has 0 atom stereocenters. The Bertz CT molecular complexity index is 481. The largest absolute Gasteiger partial charge is 0.478 e. The highest BCUT2D eigenvalue weighted by molar-refractivity contribution is 5.92. The van der Waals surface area contributed by atoms with E-state index in [1.165, 1.54) is 18.9 Å². The van der Waals surface area contributed by atoms with Crippen molar-refractivity contribution in [3.05, 3.63) is 29.3 Å². The highest BCUT2D eigenvalue weighted by atomic mass is 16.4. The highest BCUT2D eigenvalue weighted by Crippen LogP contribution is 2.27. The normalized spacial score (nSPS) is 14.1. The summed E-state index contributed by atoms with van der Waals surface area (Å²) in [6.07, 6.45) is 2.37. The van der Waals surface area contributed by atoms with Crippen molar-refractivity contribution in [1.82, 2.24) is 5.32 Å². The third kappa shape index (κ3) is 3.23. The Morgan fingerprint density at radius 1 is 1.39 bits per heavy atom. The van der Waals surface area contributed by atoms with Crippen molar-refractivity contribution in [3.8, 4) is 0 Å². The van der Waals surface area contributed by atoms with Gasteiger partial charge in [0.25, 0.3) is 0 Å². The fourth-order valence-electron chi connectivity index (χ4n) is 1.66. The Kier molecular flexibility index (Phi) is 3.50. The summed E-state index contributed by atoms with van der Waals surface area (Å²) in [7, 11) is 0. The lowest BCUT2D eigenvalue weighted by Gasteiger charge is -2.10. The van der Waals surface area contributed by atoms with Crippen molar-refractivity contribution >= 4 is 17.7 Å². The lowest BCUT2D eigenvalue weighted by molar-refractivity contribution is 0.0697. The third-order valence-electron chi connectivity index (χ3n) is 2.97. The van der Waals surface area contributed by atoms with Crippen LogP contribution < -0.4 is 10.6 Å². The molecule has 0 saturated heterocycles. The maximum absolute atomic E-state index is 11.6. The molecule has 1 aliphatic rings. The second kappa shape index (κ2) is 5.08. The monoisotopic (exact) mass is 248 g/mol. The lowest BCUT2D eigenvalue weighted by Crippen LogP contribution is -2.30. The van der Waals surface area contributed by atoms with E-state index in [1.54, 1.807) is 19.1 Å². The molecule has 5 heteroatoms. The number of amides is 2. The lowest BCUT2D eigenvalue weighted by atomic mass is 10.1. The zero-order valence-corrected chi connectivity index (χ0v) is 10.2. The molecule has 18 heavy (non-hydrogen) atoms. The molecule has 2 amide bonds. The summed E-state index contributed by atoms with van der Waals surface area (Å²) < 4.78 is 0. The number of carbonyl (C=O) groups is 2. The highest BCUT2D eigenvalue weighted by Gasteiger charge is 2.21. The Hall–Kier alpha value is -2.04. The van der Waals surface area contributed by atoms with Crippen LogP contribution in [0.3, 0.4) is 0 Å². The van der Waals surface area contributed by atoms with Gasteiger partial charge in [0.1, 0.15) is 0 Å². The van der Waals surface area contributed by atoms with Crippen LogP contribution in [0.25, 0.3) is 0 Å². The van der Waals surface area contributed by atoms with Crippen LogP contribution in [-0.2, 0) is 0 Å². The Labute approximate surface area is 105 Å². The van der Waals surface area contributed by atoms with Crippen LogP contribution in [0.1, 0.15) is 28.8 Å². The quantitative estimate of drug-likeness (QED) is 0.764. The van der Waals surface area contributed by atoms with E-state index in [1.807, 2.05) is 0 Å². The van der Waals surface area contributed by atoms with Gasteiger partial charge in [0.2, 0.25) is 0 Å². The fourth-order valence-corrected chi connectivity index (χ4v) is 1.66. The predicted octanol–water partition coefficient (Wildman–Crippen LogP) is 2.22. The van der Waals surface area contributed by atoms with Crippen LogP contribution in [0.2, 0.25) is 0 Å². The zero-order chi connectivity index (χ0) is 13.1. The number of carbonyl (C=O) groups excluding carboxylic acids is 1. The van der Waals surface area contributed by atoms with Gasteiger partial charge in [-0.05, 0) is 49.4 Å². The van der Waals surface area contributed by atoms with Crippen LogP contribution in [0.15, 0.2) is 18.2 Å². The molecule has 3 N–H and O–H groups in total. The number of carboxylic acid groups (broad SMARTS) is 1. The number of aromatic carboxylic acids is 1. The summed E-state index contributed by atoms with van der Waals surface area (Å²) in [5.41, 5.74) is 1.58. The zero-order valence-electron chi connectivity index (χ0n) is 10.2. The maximum Gasteiger partial charge on any atom is 0.335 e. The topological polar surface area (TPSA) is 78.4 Å². The van der Waals surface area contributed by atoms with Crippen molar-refractivity contribution < 1.29 is 14.7 Å². The van der Waals surface area contributed by atoms with Crippen LogP contribution >= 0.6 is 0 Å². The van der Waals surface area contributed by atoms with Gasteiger partial charge in [-0.1, -0.05) is 0 Å². The van der Waals surface area contributed by atoms with E-state index in [4.69, 9.17) is 5.11 Å². The van der Waals surface area contributed by atoms with Crippen molar-refractivity contribution in [3.63, 3.8) is 0 Å². The molecule has 5 nitrogen and oxygen atoms in total. The van der Waals surface area contributed by atoms with E-state index in [-0.39, 0.29) is 11.6 Å². The molecule has 0 radical (unpaired) electrons. The molecular weight excluding hydrogens is 232 g/mol. The number of urea groups is 1. The summed E-state index contributed by atoms with van der Waals surface area (Å²) in [5, 5.41) is 14.3. The van der Waals surface area contributed by atoms with Crippen LogP contribution in [0.5, 0.6) is 0 Å². The van der Waals surface area contributed by atoms with E-state index < -0.39 is 5.97 Å². The van der Waals surface area contributed by atoms with E-state index in [0.29, 0.717) is 18.2 Å². The van der Waals surface area contributed by atoms with E-state index in [2.05, 4.69) is 10.6 Å². The first-order valence-corrected chi connectivity index (χ1v) is 5.95. The number of anilines is 1. The number of nitrogens with one attached hydrogen (secondary N) is 2. The maximum atomic E-state index is 11.6. The van der Waals surface area contributed by atoms with E-state index in [9.17, 15) is 9.59 Å². The summed E-state index contributed by atoms with van der Waals surface area (Å²) in [5.74, 6) is -0.339. The molecule has 1 aromatic rings. The summed E-state index contributed by atoms with van der Waals surface area (Å²) in [6.45, 7) is 2.47. The van der Waals surface area contributed by atoms with Crippen molar-refractivity contribution in [2.24, 2.45) is 5.92 Å². The SMILES string of the molecule is Cc1cc(C(=O)O)ccc1NC(=O)NCC1CC1. The van der Waals surface area contributed by atoms with E-state index in [0.717, 1.165) is 5.56 Å². The third-order valence-corrected chi connectivity index (χ3v) is 2.97. The van der Waals surface area contributed by atoms with Gasteiger partial charge in [-0.25, -0.2) is 9.59 Å². The number of hydrogen-bond acceptors (Lipinski definition) is 2. The van der Waals surface area contributed by atoms with Gasteiger partial charge in [-0.15, -0.1) is 0 Å². The first-order chi connectivity index (χ1) is 8.56. The molecule has 1 saturated carbocycles. The van der Waals surface area contributed by atoms with Gasteiger partial charge in [0, 0.05) is 12.2 Å². The van der Waals surface area contributed by atoms with Crippen LogP contribution in [-0.4, -0.2) is 23.7 Å². The van der Waals surface area contributed by atoms with Gasteiger partial charge in [-0.3, -0.25) is 0 Å². The van der Waals surface area contributed by atoms with E-state index >= 15 is 0 Å². The predicted molar refractivity (Wildman–Crippen MR) is 67.9 cm³/mol. The molecule has 0 aromatic heterocycles. The van der Waals surface area contributed by atoms with Gasteiger partial charge >= 0.3 is 12.0 Å². The minimum absolute atomic E-state index is 0.219. The van der Waals surface area contributed by atoms with Gasteiger partial charge in [0.05, 0.1) is 5.56 Å². The minimum Gasteiger partial charge on any atom is -0.478 e. The summed E-state index contributed by atoms with van der Waals surface area (Å²) >= 11 is 0. The molecule has 96 valence electrons. The van der Waals surface area contributed by atoms with Crippen molar-refractivity contribution in [1.29, 1.82) is 0 Å². The number of rotatable bonds is 4. The molecule has 0 heterocycles.